The number of rotatable bonds is 1. The molecule has 0 saturated heterocycles. The molecule has 1 aromatic carbocycles. The zero-order valence-corrected chi connectivity index (χ0v) is 9.15. The van der Waals surface area contributed by atoms with Crippen molar-refractivity contribution in [2.75, 3.05) is 0 Å². The number of carbonyl (C=O) groups excluding carboxylic acids is 1. The molecule has 0 aliphatic heterocycles. The van der Waals surface area contributed by atoms with Crippen molar-refractivity contribution >= 4 is 11.8 Å². The highest BCUT2D eigenvalue weighted by Gasteiger charge is 2.82. The Hall–Kier alpha value is -1.64. The molecule has 16 heavy (non-hydrogen) atoms. The molecule has 1 N–H and O–H groups in total. The van der Waals surface area contributed by atoms with Gasteiger partial charge in [0, 0.05) is 11.5 Å². The third-order valence-electron chi connectivity index (χ3n) is 4.30. The topological polar surface area (TPSA) is 54.4 Å². The summed E-state index contributed by atoms with van der Waals surface area (Å²) in [7, 11) is 0. The molecule has 0 bridgehead atoms. The summed E-state index contributed by atoms with van der Waals surface area (Å²) in [6, 6.07) is 7.08. The number of Topliss-reactive ketones (excluding diaryl/α,β-unsaturated/α-hetero) is 1. The van der Waals surface area contributed by atoms with Crippen LogP contribution in [0.4, 0.5) is 0 Å². The lowest BCUT2D eigenvalue weighted by molar-refractivity contribution is -0.141. The summed E-state index contributed by atoms with van der Waals surface area (Å²) in [6.07, 6.45) is 0. The molecule has 2 atom stereocenters. The average Bonchev–Trinajstić information content (AvgIpc) is 2.59. The summed E-state index contributed by atoms with van der Waals surface area (Å²) in [4.78, 5) is 23.6. The highest BCUT2D eigenvalue weighted by molar-refractivity contribution is 6.15. The Balaban J connectivity index is 2.33. The van der Waals surface area contributed by atoms with Crippen molar-refractivity contribution in [3.63, 3.8) is 0 Å². The van der Waals surface area contributed by atoms with Gasteiger partial charge in [-0.05, 0) is 11.0 Å². The Morgan fingerprint density at radius 1 is 1.31 bits per heavy atom. The van der Waals surface area contributed by atoms with Crippen molar-refractivity contribution in [3.8, 4) is 0 Å². The Morgan fingerprint density at radius 3 is 2.56 bits per heavy atom. The molecule has 0 spiro atoms. The number of ketones is 1. The molecule has 3 nitrogen and oxygen atoms in total. The molecule has 3 rings (SSSR count). The number of carboxylic acids is 1. The van der Waals surface area contributed by atoms with Crippen molar-refractivity contribution in [1.82, 2.24) is 0 Å². The van der Waals surface area contributed by atoms with E-state index >= 15 is 0 Å². The van der Waals surface area contributed by atoms with Crippen LogP contribution in [-0.2, 0) is 10.2 Å². The Morgan fingerprint density at radius 2 is 1.94 bits per heavy atom. The lowest BCUT2D eigenvalue weighted by atomic mass is 9.86. The van der Waals surface area contributed by atoms with Crippen molar-refractivity contribution in [2.45, 2.75) is 19.3 Å². The molecule has 1 saturated carbocycles. The van der Waals surface area contributed by atoms with E-state index in [-0.39, 0.29) is 11.7 Å². The fraction of sp³-hybridized carbons (Fsp3) is 0.385. The van der Waals surface area contributed by atoms with E-state index in [1.54, 1.807) is 24.3 Å². The second-order valence-electron chi connectivity index (χ2n) is 5.18. The first-order valence-corrected chi connectivity index (χ1v) is 5.33. The van der Waals surface area contributed by atoms with Gasteiger partial charge in [-0.3, -0.25) is 9.59 Å². The maximum atomic E-state index is 12.1. The Kier molecular flexibility index (Phi) is 1.42. The third kappa shape index (κ3) is 0.682. The van der Waals surface area contributed by atoms with Gasteiger partial charge in [-0.1, -0.05) is 38.1 Å². The lowest BCUT2D eigenvalue weighted by Crippen LogP contribution is -2.25. The summed E-state index contributed by atoms with van der Waals surface area (Å²) >= 11 is 0. The van der Waals surface area contributed by atoms with Gasteiger partial charge in [0.25, 0.3) is 0 Å². The smallest absolute Gasteiger partial charge is 0.315 e. The van der Waals surface area contributed by atoms with Gasteiger partial charge in [-0.2, -0.15) is 0 Å². The average molecular weight is 216 g/mol. The molecular weight excluding hydrogens is 204 g/mol. The zero-order chi connectivity index (χ0) is 11.7. The van der Waals surface area contributed by atoms with Crippen molar-refractivity contribution in [3.05, 3.63) is 35.4 Å². The van der Waals surface area contributed by atoms with E-state index in [2.05, 4.69) is 0 Å². The fourth-order valence-electron chi connectivity index (χ4n) is 3.50. The lowest BCUT2D eigenvalue weighted by Gasteiger charge is -2.16. The van der Waals surface area contributed by atoms with Crippen LogP contribution in [0.3, 0.4) is 0 Å². The van der Waals surface area contributed by atoms with Crippen molar-refractivity contribution < 1.29 is 14.7 Å². The predicted molar refractivity (Wildman–Crippen MR) is 57.4 cm³/mol. The zero-order valence-electron chi connectivity index (χ0n) is 9.15. The number of fused-ring (bicyclic) bond motifs is 3. The summed E-state index contributed by atoms with van der Waals surface area (Å²) in [6.45, 7) is 3.72. The van der Waals surface area contributed by atoms with Crippen molar-refractivity contribution in [1.29, 1.82) is 0 Å². The van der Waals surface area contributed by atoms with E-state index in [9.17, 15) is 14.7 Å². The van der Waals surface area contributed by atoms with Gasteiger partial charge in [0.15, 0.2) is 5.78 Å². The largest absolute Gasteiger partial charge is 0.481 e. The standard InChI is InChI=1S/C13H12O3/c1-12(2)10-9(14)7-5-3-4-6-8(7)13(10,12)11(15)16/h3-6,10H,1-2H3,(H,15,16). The van der Waals surface area contributed by atoms with E-state index in [4.69, 9.17) is 0 Å². The number of hydrogen-bond acceptors (Lipinski definition) is 2. The van der Waals surface area contributed by atoms with E-state index in [0.717, 1.165) is 0 Å². The van der Waals surface area contributed by atoms with Crippen LogP contribution in [-0.4, -0.2) is 16.9 Å². The molecule has 0 amide bonds. The molecule has 2 aliphatic carbocycles. The van der Waals surface area contributed by atoms with Crippen LogP contribution in [0.15, 0.2) is 24.3 Å². The van der Waals surface area contributed by atoms with Crippen LogP contribution >= 0.6 is 0 Å². The molecule has 2 aliphatic rings. The number of carbonyl (C=O) groups is 2. The molecule has 0 heterocycles. The minimum Gasteiger partial charge on any atom is -0.481 e. The first kappa shape index (κ1) is 9.58. The SMILES string of the molecule is CC1(C)C2C(=O)c3ccccc3C21C(=O)O. The van der Waals surface area contributed by atoms with Crippen LogP contribution < -0.4 is 0 Å². The van der Waals surface area contributed by atoms with Gasteiger partial charge in [0.2, 0.25) is 0 Å². The number of carboxylic acid groups (broad SMARTS) is 1. The maximum Gasteiger partial charge on any atom is 0.315 e. The van der Waals surface area contributed by atoms with Gasteiger partial charge < -0.3 is 5.11 Å². The minimum absolute atomic E-state index is 0.0111. The van der Waals surface area contributed by atoms with E-state index in [1.807, 2.05) is 13.8 Å². The molecule has 1 aromatic rings. The van der Waals surface area contributed by atoms with Crippen LogP contribution in [0.25, 0.3) is 0 Å². The quantitative estimate of drug-likeness (QED) is 0.779. The molecule has 1 fully saturated rings. The number of benzene rings is 1. The second kappa shape index (κ2) is 2.37. The highest BCUT2D eigenvalue weighted by atomic mass is 16.4. The van der Waals surface area contributed by atoms with E-state index < -0.39 is 16.8 Å². The first-order valence-electron chi connectivity index (χ1n) is 5.33. The predicted octanol–water partition coefficient (Wildman–Crippen LogP) is 1.86. The normalized spacial score (nSPS) is 33.1. The minimum atomic E-state index is -0.972. The number of aliphatic carboxylic acids is 1. The van der Waals surface area contributed by atoms with Crippen LogP contribution in [0, 0.1) is 11.3 Å². The summed E-state index contributed by atoms with van der Waals surface area (Å²) in [5.41, 5.74) is -0.137. The van der Waals surface area contributed by atoms with Crippen LogP contribution in [0.2, 0.25) is 0 Å². The summed E-state index contributed by atoms with van der Waals surface area (Å²) in [5.74, 6) is -1.27. The Bertz CT molecular complexity index is 530. The molecule has 3 heteroatoms. The summed E-state index contributed by atoms with van der Waals surface area (Å²) in [5, 5.41) is 9.46. The van der Waals surface area contributed by atoms with Gasteiger partial charge in [-0.15, -0.1) is 0 Å². The molecule has 0 radical (unpaired) electrons. The van der Waals surface area contributed by atoms with Crippen LogP contribution in [0.1, 0.15) is 29.8 Å². The molecular formula is C13H12O3. The van der Waals surface area contributed by atoms with Gasteiger partial charge in [-0.25, -0.2) is 0 Å². The fourth-order valence-corrected chi connectivity index (χ4v) is 3.50. The van der Waals surface area contributed by atoms with Gasteiger partial charge in [0.1, 0.15) is 5.41 Å². The molecule has 0 aromatic heterocycles. The van der Waals surface area contributed by atoms with Crippen LogP contribution in [0.5, 0.6) is 0 Å². The Labute approximate surface area is 93.1 Å². The molecule has 82 valence electrons. The summed E-state index contributed by atoms with van der Waals surface area (Å²) < 4.78 is 0. The third-order valence-corrected chi connectivity index (χ3v) is 4.30. The monoisotopic (exact) mass is 216 g/mol. The highest BCUT2D eigenvalue weighted by Crippen LogP contribution is 2.74. The van der Waals surface area contributed by atoms with Crippen molar-refractivity contribution in [2.24, 2.45) is 11.3 Å². The van der Waals surface area contributed by atoms with E-state index in [1.165, 1.54) is 0 Å². The maximum absolute atomic E-state index is 12.1. The van der Waals surface area contributed by atoms with E-state index in [0.29, 0.717) is 11.1 Å². The van der Waals surface area contributed by atoms with Gasteiger partial charge >= 0.3 is 5.97 Å². The number of hydrogen-bond donors (Lipinski definition) is 1. The first-order chi connectivity index (χ1) is 7.45. The second-order valence-corrected chi connectivity index (χ2v) is 5.18. The van der Waals surface area contributed by atoms with Gasteiger partial charge in [0.05, 0.1) is 0 Å². The molecule has 2 unspecified atom stereocenters.